The lowest BCUT2D eigenvalue weighted by molar-refractivity contribution is -0.274. The van der Waals surface area contributed by atoms with Crippen molar-refractivity contribution in [1.82, 2.24) is 25.1 Å². The molecule has 0 saturated heterocycles. The molecule has 13 heteroatoms. The van der Waals surface area contributed by atoms with E-state index >= 15 is 0 Å². The lowest BCUT2D eigenvalue weighted by Gasteiger charge is -2.30. The second-order valence-electron chi connectivity index (χ2n) is 7.25. The molecular formula is C20H18F3N7O3. The number of pyridine rings is 1. The monoisotopic (exact) mass is 461 g/mol. The number of nitrogens with one attached hydrogen (secondary N) is 2. The van der Waals surface area contributed by atoms with E-state index in [1.165, 1.54) is 34.4 Å². The van der Waals surface area contributed by atoms with Crippen LogP contribution in [0.3, 0.4) is 0 Å². The molecule has 2 N–H and O–H groups in total. The number of hydrogen-bond donors (Lipinski definition) is 2. The SMILES string of the molecule is Cc1cnc2c(c1)NC(=O)CN2C(=O)NC(Cn1cncn1)c1ccc(OC(F)(F)F)cc1. The molecule has 1 aromatic carbocycles. The van der Waals surface area contributed by atoms with Crippen LogP contribution in [0.15, 0.2) is 49.2 Å². The number of benzene rings is 1. The van der Waals surface area contributed by atoms with Crippen molar-refractivity contribution in [2.24, 2.45) is 0 Å². The summed E-state index contributed by atoms with van der Waals surface area (Å²) in [5, 5.41) is 9.50. The van der Waals surface area contributed by atoms with Crippen molar-refractivity contribution < 1.29 is 27.5 Å². The van der Waals surface area contributed by atoms with E-state index in [9.17, 15) is 22.8 Å². The predicted molar refractivity (Wildman–Crippen MR) is 109 cm³/mol. The van der Waals surface area contributed by atoms with E-state index in [-0.39, 0.29) is 24.8 Å². The number of ether oxygens (including phenoxy) is 1. The highest BCUT2D eigenvalue weighted by molar-refractivity contribution is 6.08. The fraction of sp³-hybridized carbons (Fsp3) is 0.250. The highest BCUT2D eigenvalue weighted by Crippen LogP contribution is 2.29. The third-order valence-corrected chi connectivity index (χ3v) is 4.73. The van der Waals surface area contributed by atoms with Crippen LogP contribution in [0.1, 0.15) is 17.2 Å². The van der Waals surface area contributed by atoms with Crippen molar-refractivity contribution in [1.29, 1.82) is 0 Å². The van der Waals surface area contributed by atoms with Gasteiger partial charge >= 0.3 is 12.4 Å². The molecule has 1 atom stereocenters. The minimum Gasteiger partial charge on any atom is -0.406 e. The van der Waals surface area contributed by atoms with Crippen molar-refractivity contribution in [2.75, 3.05) is 16.8 Å². The van der Waals surface area contributed by atoms with Gasteiger partial charge in [0.1, 0.15) is 24.9 Å². The third kappa shape index (κ3) is 5.37. The van der Waals surface area contributed by atoms with Crippen LogP contribution in [0.4, 0.5) is 29.5 Å². The normalized spacial score (nSPS) is 14.3. The number of halogens is 3. The Balaban J connectivity index is 1.58. The standard InChI is InChI=1S/C20H18F3N7O3/c1-12-6-15-18(25-7-12)30(9-17(31)27-15)19(32)28-16(8-29-11-24-10-26-29)13-2-4-14(5-3-13)33-20(21,22)23/h2-7,10-11,16H,8-9H2,1H3,(H,27,31)(H,28,32). The smallest absolute Gasteiger partial charge is 0.406 e. The van der Waals surface area contributed by atoms with Gasteiger partial charge in [-0.2, -0.15) is 5.10 Å². The first kappa shape index (κ1) is 22.0. The van der Waals surface area contributed by atoms with Gasteiger partial charge in [0.05, 0.1) is 18.3 Å². The molecule has 172 valence electrons. The molecule has 0 radical (unpaired) electrons. The molecule has 1 aliphatic heterocycles. The zero-order valence-electron chi connectivity index (χ0n) is 17.2. The first-order valence-electron chi connectivity index (χ1n) is 9.70. The van der Waals surface area contributed by atoms with Crippen LogP contribution < -0.4 is 20.3 Å². The average Bonchev–Trinajstić information content (AvgIpc) is 3.25. The van der Waals surface area contributed by atoms with E-state index in [1.54, 1.807) is 19.2 Å². The Hall–Kier alpha value is -4.16. The Bertz CT molecular complexity index is 1150. The second-order valence-corrected chi connectivity index (χ2v) is 7.25. The summed E-state index contributed by atoms with van der Waals surface area (Å²) in [7, 11) is 0. The summed E-state index contributed by atoms with van der Waals surface area (Å²) < 4.78 is 42.8. The Kier molecular flexibility index (Phi) is 5.85. The number of rotatable bonds is 5. The van der Waals surface area contributed by atoms with Gasteiger partial charge < -0.3 is 15.4 Å². The largest absolute Gasteiger partial charge is 0.573 e. The second kappa shape index (κ2) is 8.76. The first-order valence-corrected chi connectivity index (χ1v) is 9.70. The Morgan fingerprint density at radius 2 is 2.06 bits per heavy atom. The molecule has 4 rings (SSSR count). The van der Waals surface area contributed by atoms with E-state index < -0.39 is 24.2 Å². The summed E-state index contributed by atoms with van der Waals surface area (Å²) in [6.07, 6.45) is -0.489. The van der Waals surface area contributed by atoms with E-state index in [4.69, 9.17) is 0 Å². The molecule has 10 nitrogen and oxygen atoms in total. The van der Waals surface area contributed by atoms with Gasteiger partial charge in [0.25, 0.3) is 0 Å². The summed E-state index contributed by atoms with van der Waals surface area (Å²) in [6, 6.07) is 5.49. The van der Waals surface area contributed by atoms with E-state index in [0.29, 0.717) is 11.3 Å². The highest BCUT2D eigenvalue weighted by atomic mass is 19.4. The molecule has 1 aliphatic rings. The van der Waals surface area contributed by atoms with E-state index in [1.807, 2.05) is 0 Å². The van der Waals surface area contributed by atoms with Crippen LogP contribution in [-0.4, -0.2) is 44.6 Å². The lowest BCUT2D eigenvalue weighted by Crippen LogP contribution is -2.49. The van der Waals surface area contributed by atoms with Gasteiger partial charge in [-0.3, -0.25) is 14.4 Å². The van der Waals surface area contributed by atoms with Crippen molar-refractivity contribution in [2.45, 2.75) is 25.9 Å². The minimum absolute atomic E-state index is 0.138. The lowest BCUT2D eigenvalue weighted by atomic mass is 10.1. The topological polar surface area (TPSA) is 114 Å². The summed E-state index contributed by atoms with van der Waals surface area (Å²) >= 11 is 0. The quantitative estimate of drug-likeness (QED) is 0.604. The number of hydrogen-bond acceptors (Lipinski definition) is 6. The van der Waals surface area contributed by atoms with Crippen molar-refractivity contribution >= 4 is 23.4 Å². The Morgan fingerprint density at radius 1 is 1.30 bits per heavy atom. The number of carbonyl (C=O) groups excluding carboxylic acids is 2. The fourth-order valence-corrected chi connectivity index (χ4v) is 3.32. The molecule has 3 aromatic rings. The van der Waals surface area contributed by atoms with Gasteiger partial charge in [-0.05, 0) is 36.2 Å². The number of aryl methyl sites for hydroxylation is 1. The maximum atomic E-state index is 13.1. The molecule has 3 amide bonds. The van der Waals surface area contributed by atoms with Crippen molar-refractivity contribution in [3.05, 3.63) is 60.3 Å². The van der Waals surface area contributed by atoms with Crippen LogP contribution >= 0.6 is 0 Å². The van der Waals surface area contributed by atoms with Gasteiger partial charge in [-0.25, -0.2) is 14.8 Å². The summed E-state index contributed by atoms with van der Waals surface area (Å²) in [4.78, 5) is 34.6. The van der Waals surface area contributed by atoms with Crippen molar-refractivity contribution in [3.8, 4) is 5.75 Å². The summed E-state index contributed by atoms with van der Waals surface area (Å²) in [5.41, 5.74) is 1.70. The Morgan fingerprint density at radius 3 is 2.73 bits per heavy atom. The molecule has 1 unspecified atom stereocenters. The summed E-state index contributed by atoms with van der Waals surface area (Å²) in [5.74, 6) is -0.490. The first-order chi connectivity index (χ1) is 15.7. The molecular weight excluding hydrogens is 443 g/mol. The zero-order valence-corrected chi connectivity index (χ0v) is 17.2. The van der Waals surface area contributed by atoms with E-state index in [2.05, 4.69) is 30.4 Å². The average molecular weight is 461 g/mol. The molecule has 0 spiro atoms. The van der Waals surface area contributed by atoms with Crippen molar-refractivity contribution in [3.63, 3.8) is 0 Å². The van der Waals surface area contributed by atoms with Gasteiger partial charge in [-0.15, -0.1) is 13.2 Å². The van der Waals surface area contributed by atoms with Crippen LogP contribution in [-0.2, 0) is 11.3 Å². The van der Waals surface area contributed by atoms with E-state index in [0.717, 1.165) is 17.7 Å². The minimum atomic E-state index is -4.82. The maximum Gasteiger partial charge on any atom is 0.573 e. The number of nitrogens with zero attached hydrogens (tertiary/aromatic N) is 5. The molecule has 0 saturated carbocycles. The molecule has 0 bridgehead atoms. The number of alkyl halides is 3. The third-order valence-electron chi connectivity index (χ3n) is 4.73. The fourth-order valence-electron chi connectivity index (χ4n) is 3.32. The highest BCUT2D eigenvalue weighted by Gasteiger charge is 2.32. The van der Waals surface area contributed by atoms with Gasteiger partial charge in [-0.1, -0.05) is 12.1 Å². The number of anilines is 2. The van der Waals surface area contributed by atoms with Gasteiger partial charge in [0.2, 0.25) is 5.91 Å². The maximum absolute atomic E-state index is 13.1. The molecule has 2 aromatic heterocycles. The number of carbonyl (C=O) groups is 2. The molecule has 0 fully saturated rings. The molecule has 33 heavy (non-hydrogen) atoms. The number of amides is 3. The Labute approximate surface area is 185 Å². The van der Waals surface area contributed by atoms with Crippen LogP contribution in [0.2, 0.25) is 0 Å². The van der Waals surface area contributed by atoms with Crippen LogP contribution in [0.25, 0.3) is 0 Å². The number of aromatic nitrogens is 4. The molecule has 3 heterocycles. The summed E-state index contributed by atoms with van der Waals surface area (Å²) in [6.45, 7) is 1.70. The van der Waals surface area contributed by atoms with Gasteiger partial charge in [0.15, 0.2) is 5.82 Å². The predicted octanol–water partition coefficient (Wildman–Crippen LogP) is 2.79. The van der Waals surface area contributed by atoms with Crippen LogP contribution in [0, 0.1) is 6.92 Å². The number of urea groups is 1. The zero-order chi connectivity index (χ0) is 23.6. The number of fused-ring (bicyclic) bond motifs is 1. The van der Waals surface area contributed by atoms with Gasteiger partial charge in [0, 0.05) is 6.20 Å². The molecule has 0 aliphatic carbocycles. The van der Waals surface area contributed by atoms with Crippen LogP contribution in [0.5, 0.6) is 5.75 Å².